The molecule has 0 saturated heterocycles. The molecule has 1 atom stereocenters. The molecule has 0 fully saturated rings. The minimum atomic E-state index is 0.0719. The van der Waals surface area contributed by atoms with Gasteiger partial charge in [0.05, 0.1) is 10.7 Å². The molecule has 0 saturated carbocycles. The number of halogens is 1. The van der Waals surface area contributed by atoms with Gasteiger partial charge in [0, 0.05) is 22.4 Å². The van der Waals surface area contributed by atoms with Crippen LogP contribution >= 0.6 is 11.6 Å². The van der Waals surface area contributed by atoms with E-state index >= 15 is 0 Å². The summed E-state index contributed by atoms with van der Waals surface area (Å²) in [5, 5.41) is 17.3. The predicted octanol–water partition coefficient (Wildman–Crippen LogP) is 6.14. The molecule has 136 valence electrons. The summed E-state index contributed by atoms with van der Waals surface area (Å²) < 4.78 is 0. The summed E-state index contributed by atoms with van der Waals surface area (Å²) in [7, 11) is 0. The number of aryl methyl sites for hydroxylation is 1. The van der Waals surface area contributed by atoms with Gasteiger partial charge in [0.15, 0.2) is 0 Å². The molecule has 0 bridgehead atoms. The monoisotopic (exact) mass is 368 g/mol. The second-order valence-electron chi connectivity index (χ2n) is 8.34. The SMILES string of the molecule is Cc1cc(-c2cccc3c2CC/C3=N\O)c(Cl)c2c1NC(C)(C)CC2C. The van der Waals surface area contributed by atoms with E-state index in [1.54, 1.807) is 0 Å². The molecule has 2 aliphatic rings. The van der Waals surface area contributed by atoms with Crippen molar-refractivity contribution in [3.05, 3.63) is 51.5 Å². The molecule has 1 aliphatic heterocycles. The summed E-state index contributed by atoms with van der Waals surface area (Å²) in [4.78, 5) is 0. The van der Waals surface area contributed by atoms with Crippen LogP contribution in [0.1, 0.15) is 61.8 Å². The molecule has 2 aromatic rings. The third kappa shape index (κ3) is 2.61. The Kier molecular flexibility index (Phi) is 4.03. The highest BCUT2D eigenvalue weighted by Crippen LogP contribution is 2.48. The van der Waals surface area contributed by atoms with Gasteiger partial charge in [0.25, 0.3) is 0 Å². The van der Waals surface area contributed by atoms with Crippen LogP contribution in [0.4, 0.5) is 5.69 Å². The van der Waals surface area contributed by atoms with Crippen LogP contribution in [-0.4, -0.2) is 16.5 Å². The van der Waals surface area contributed by atoms with Crippen molar-refractivity contribution in [3.8, 4) is 11.1 Å². The van der Waals surface area contributed by atoms with Crippen molar-refractivity contribution in [2.75, 3.05) is 5.32 Å². The summed E-state index contributed by atoms with van der Waals surface area (Å²) in [5.41, 5.74) is 9.02. The molecule has 3 nitrogen and oxygen atoms in total. The molecule has 1 heterocycles. The van der Waals surface area contributed by atoms with Crippen molar-refractivity contribution in [1.82, 2.24) is 0 Å². The highest BCUT2D eigenvalue weighted by molar-refractivity contribution is 6.35. The maximum Gasteiger partial charge on any atom is 0.0874 e. The van der Waals surface area contributed by atoms with Crippen LogP contribution in [0.25, 0.3) is 11.1 Å². The number of anilines is 1. The number of benzene rings is 2. The smallest absolute Gasteiger partial charge is 0.0874 e. The number of nitrogens with one attached hydrogen (secondary N) is 1. The zero-order valence-electron chi connectivity index (χ0n) is 15.8. The Morgan fingerprint density at radius 3 is 2.65 bits per heavy atom. The molecule has 2 N–H and O–H groups in total. The first-order valence-electron chi connectivity index (χ1n) is 9.27. The van der Waals surface area contributed by atoms with Crippen molar-refractivity contribution in [2.24, 2.45) is 5.16 Å². The molecular formula is C22H25ClN2O. The second-order valence-corrected chi connectivity index (χ2v) is 8.71. The first-order valence-corrected chi connectivity index (χ1v) is 9.65. The largest absolute Gasteiger partial charge is 0.411 e. The van der Waals surface area contributed by atoms with Crippen molar-refractivity contribution in [3.63, 3.8) is 0 Å². The molecule has 0 radical (unpaired) electrons. The zero-order chi connectivity index (χ0) is 18.6. The normalized spacial score (nSPS) is 22.0. The molecular weight excluding hydrogens is 344 g/mol. The Bertz CT molecular complexity index is 930. The van der Waals surface area contributed by atoms with Gasteiger partial charge in [-0.05, 0) is 74.3 Å². The molecule has 0 aromatic heterocycles. The van der Waals surface area contributed by atoms with Gasteiger partial charge in [-0.25, -0.2) is 0 Å². The minimum absolute atomic E-state index is 0.0719. The van der Waals surface area contributed by atoms with Crippen LogP contribution in [0, 0.1) is 6.92 Å². The van der Waals surface area contributed by atoms with Gasteiger partial charge >= 0.3 is 0 Å². The van der Waals surface area contributed by atoms with Crippen LogP contribution in [0.3, 0.4) is 0 Å². The van der Waals surface area contributed by atoms with Gasteiger partial charge in [0.2, 0.25) is 0 Å². The Balaban J connectivity index is 1.93. The summed E-state index contributed by atoms with van der Waals surface area (Å²) in [5.74, 6) is 0.402. The Morgan fingerprint density at radius 2 is 1.92 bits per heavy atom. The first-order chi connectivity index (χ1) is 12.3. The number of nitrogens with zero attached hydrogens (tertiary/aromatic N) is 1. The molecule has 2 aromatic carbocycles. The maximum absolute atomic E-state index is 9.27. The lowest BCUT2D eigenvalue weighted by molar-refractivity contribution is 0.318. The van der Waals surface area contributed by atoms with Crippen LogP contribution < -0.4 is 5.32 Å². The predicted molar refractivity (Wildman–Crippen MR) is 109 cm³/mol. The third-order valence-corrected chi connectivity index (χ3v) is 6.19. The molecule has 1 unspecified atom stereocenters. The van der Waals surface area contributed by atoms with E-state index in [4.69, 9.17) is 11.6 Å². The lowest BCUT2D eigenvalue weighted by Crippen LogP contribution is -2.37. The summed E-state index contributed by atoms with van der Waals surface area (Å²) >= 11 is 6.97. The Hall–Kier alpha value is -2.00. The molecule has 0 amide bonds. The third-order valence-electron chi connectivity index (χ3n) is 5.78. The van der Waals surface area contributed by atoms with Crippen molar-refractivity contribution < 1.29 is 5.21 Å². The zero-order valence-corrected chi connectivity index (χ0v) is 16.5. The highest BCUT2D eigenvalue weighted by Gasteiger charge is 2.33. The first kappa shape index (κ1) is 17.4. The quantitative estimate of drug-likeness (QED) is 0.469. The van der Waals surface area contributed by atoms with Crippen LogP contribution in [-0.2, 0) is 6.42 Å². The number of rotatable bonds is 1. The standard InChI is InChI=1S/C22H25ClN2O/c1-12-10-17(14-6-5-7-16-15(14)8-9-18(16)25-26)20(23)19-13(2)11-22(3,4)24-21(12)19/h5-7,10,13,24,26H,8-9,11H2,1-4H3/b25-18+. The van der Waals surface area contributed by atoms with E-state index in [1.165, 1.54) is 22.4 Å². The van der Waals surface area contributed by atoms with E-state index in [2.05, 4.69) is 50.3 Å². The maximum atomic E-state index is 9.27. The van der Waals surface area contributed by atoms with Crippen molar-refractivity contribution >= 4 is 23.0 Å². The van der Waals surface area contributed by atoms with E-state index in [0.717, 1.165) is 46.7 Å². The van der Waals surface area contributed by atoms with Gasteiger partial charge in [-0.3, -0.25) is 0 Å². The van der Waals surface area contributed by atoms with Gasteiger partial charge in [0.1, 0.15) is 0 Å². The number of oxime groups is 1. The summed E-state index contributed by atoms with van der Waals surface area (Å²) in [6.07, 6.45) is 2.71. The van der Waals surface area contributed by atoms with Crippen molar-refractivity contribution in [2.45, 2.75) is 58.4 Å². The highest BCUT2D eigenvalue weighted by atomic mass is 35.5. The van der Waals surface area contributed by atoms with E-state index in [-0.39, 0.29) is 5.54 Å². The molecule has 4 heteroatoms. The fourth-order valence-corrected chi connectivity index (χ4v) is 5.20. The molecule has 26 heavy (non-hydrogen) atoms. The molecule has 4 rings (SSSR count). The fourth-order valence-electron chi connectivity index (χ4n) is 4.76. The molecule has 1 aliphatic carbocycles. The average Bonchev–Trinajstić information content (AvgIpc) is 3.00. The summed E-state index contributed by atoms with van der Waals surface area (Å²) in [6, 6.07) is 8.40. The topological polar surface area (TPSA) is 44.6 Å². The van der Waals surface area contributed by atoms with Gasteiger partial charge in [-0.2, -0.15) is 0 Å². The van der Waals surface area contributed by atoms with Crippen LogP contribution in [0.15, 0.2) is 29.4 Å². The Labute approximate surface area is 160 Å². The summed E-state index contributed by atoms with van der Waals surface area (Å²) in [6.45, 7) is 8.91. The fraction of sp³-hybridized carbons (Fsp3) is 0.409. The molecule has 0 spiro atoms. The second kappa shape index (κ2) is 6.02. The van der Waals surface area contributed by atoms with E-state index in [1.807, 2.05) is 12.1 Å². The minimum Gasteiger partial charge on any atom is -0.411 e. The lowest BCUT2D eigenvalue weighted by Gasteiger charge is -2.39. The van der Waals surface area contributed by atoms with Crippen molar-refractivity contribution in [1.29, 1.82) is 0 Å². The number of hydrogen-bond donors (Lipinski definition) is 2. The van der Waals surface area contributed by atoms with E-state index < -0.39 is 0 Å². The lowest BCUT2D eigenvalue weighted by atomic mass is 9.79. The Morgan fingerprint density at radius 1 is 1.19 bits per heavy atom. The number of fused-ring (bicyclic) bond motifs is 2. The van der Waals surface area contributed by atoms with E-state index in [0.29, 0.717) is 5.92 Å². The number of hydrogen-bond acceptors (Lipinski definition) is 3. The van der Waals surface area contributed by atoms with Crippen LogP contribution in [0.5, 0.6) is 0 Å². The van der Waals surface area contributed by atoms with E-state index in [9.17, 15) is 5.21 Å². The van der Waals surface area contributed by atoms with Crippen LogP contribution in [0.2, 0.25) is 5.02 Å². The van der Waals surface area contributed by atoms with Gasteiger partial charge in [-0.1, -0.05) is 41.9 Å². The van der Waals surface area contributed by atoms with Gasteiger partial charge < -0.3 is 10.5 Å². The van der Waals surface area contributed by atoms with Gasteiger partial charge in [-0.15, -0.1) is 0 Å². The average molecular weight is 369 g/mol.